The number of halogens is 2. The van der Waals surface area contributed by atoms with Crippen molar-refractivity contribution in [2.24, 2.45) is 0 Å². The number of alkyl halides is 1. The maximum absolute atomic E-state index is 6.50. The molecule has 0 radical (unpaired) electrons. The van der Waals surface area contributed by atoms with Gasteiger partial charge in [0.1, 0.15) is 0 Å². The van der Waals surface area contributed by atoms with Gasteiger partial charge in [-0.2, -0.15) is 0 Å². The number of fused-ring (bicyclic) bond motifs is 1. The second kappa shape index (κ2) is 6.19. The zero-order valence-electron chi connectivity index (χ0n) is 11.3. The zero-order chi connectivity index (χ0) is 13.9. The van der Waals surface area contributed by atoms with Crippen molar-refractivity contribution < 1.29 is 0 Å². The summed E-state index contributed by atoms with van der Waals surface area (Å²) in [5.41, 5.74) is 5.05. The molecule has 0 saturated heterocycles. The summed E-state index contributed by atoms with van der Waals surface area (Å²) in [7, 11) is 0. The summed E-state index contributed by atoms with van der Waals surface area (Å²) >= 11 is 9.98. The van der Waals surface area contributed by atoms with E-state index in [4.69, 9.17) is 11.6 Å². The number of aryl methyl sites for hydroxylation is 1. The van der Waals surface area contributed by atoms with Crippen LogP contribution >= 0.6 is 27.5 Å². The highest BCUT2D eigenvalue weighted by atomic mass is 79.9. The average molecular weight is 351 g/mol. The number of hydrogen-bond donors (Lipinski definition) is 0. The van der Waals surface area contributed by atoms with Crippen LogP contribution in [0.2, 0.25) is 5.02 Å². The van der Waals surface area contributed by atoms with Crippen LogP contribution in [0, 0.1) is 0 Å². The second-order valence-corrected chi connectivity index (χ2v) is 6.12. The number of para-hydroxylation sites is 1. The Morgan fingerprint density at radius 2 is 1.90 bits per heavy atom. The Labute approximate surface area is 133 Å². The van der Waals surface area contributed by atoms with Crippen LogP contribution in [0.4, 0.5) is 11.4 Å². The first-order chi connectivity index (χ1) is 9.79. The standard InChI is InChI=1S/C17H17BrClN/c18-12-13-8-9-17(15(19)11-13)20-10-4-3-6-14-5-1-2-7-16(14)20/h1-2,5,7-9,11H,3-4,6,10,12H2. The lowest BCUT2D eigenvalue weighted by molar-refractivity contribution is 0.761. The minimum Gasteiger partial charge on any atom is -0.340 e. The molecular formula is C17H17BrClN. The summed E-state index contributed by atoms with van der Waals surface area (Å²) in [5, 5.41) is 1.67. The van der Waals surface area contributed by atoms with Gasteiger partial charge in [-0.1, -0.05) is 51.8 Å². The quantitative estimate of drug-likeness (QED) is 0.627. The molecular weight excluding hydrogens is 334 g/mol. The molecule has 0 amide bonds. The van der Waals surface area contributed by atoms with E-state index in [0.29, 0.717) is 0 Å². The van der Waals surface area contributed by atoms with E-state index >= 15 is 0 Å². The molecule has 0 saturated carbocycles. The zero-order valence-corrected chi connectivity index (χ0v) is 13.6. The third-order valence-corrected chi connectivity index (χ3v) is 4.77. The van der Waals surface area contributed by atoms with E-state index in [1.165, 1.54) is 29.7 Å². The highest BCUT2D eigenvalue weighted by Gasteiger charge is 2.18. The maximum atomic E-state index is 6.50. The van der Waals surface area contributed by atoms with Gasteiger partial charge in [0, 0.05) is 17.6 Å². The Balaban J connectivity index is 2.05. The first-order valence-corrected chi connectivity index (χ1v) is 8.49. The summed E-state index contributed by atoms with van der Waals surface area (Å²) in [6.45, 7) is 1.03. The van der Waals surface area contributed by atoms with Gasteiger partial charge < -0.3 is 4.90 Å². The third-order valence-electron chi connectivity index (χ3n) is 3.82. The largest absolute Gasteiger partial charge is 0.340 e. The van der Waals surface area contributed by atoms with E-state index in [2.05, 4.69) is 63.3 Å². The van der Waals surface area contributed by atoms with Crippen LogP contribution in [0.15, 0.2) is 42.5 Å². The molecule has 0 atom stereocenters. The van der Waals surface area contributed by atoms with E-state index in [1.54, 1.807) is 0 Å². The summed E-state index contributed by atoms with van der Waals surface area (Å²) in [4.78, 5) is 2.36. The predicted octanol–water partition coefficient (Wildman–Crippen LogP) is 5.71. The van der Waals surface area contributed by atoms with Crippen LogP contribution < -0.4 is 4.90 Å². The van der Waals surface area contributed by atoms with Crippen LogP contribution in [0.3, 0.4) is 0 Å². The molecule has 2 aromatic carbocycles. The van der Waals surface area contributed by atoms with E-state index in [-0.39, 0.29) is 0 Å². The number of rotatable bonds is 2. The first kappa shape index (κ1) is 14.0. The molecule has 2 aromatic rings. The highest BCUT2D eigenvalue weighted by Crippen LogP contribution is 2.37. The van der Waals surface area contributed by atoms with Crippen molar-refractivity contribution in [3.05, 3.63) is 58.6 Å². The van der Waals surface area contributed by atoms with Crippen LogP contribution in [-0.2, 0) is 11.8 Å². The molecule has 20 heavy (non-hydrogen) atoms. The van der Waals surface area contributed by atoms with E-state index in [0.717, 1.165) is 29.0 Å². The Morgan fingerprint density at radius 3 is 2.70 bits per heavy atom. The summed E-state index contributed by atoms with van der Waals surface area (Å²) in [5.74, 6) is 0. The SMILES string of the molecule is Clc1cc(CBr)ccc1N1CCCCc2ccccc21. The molecule has 3 rings (SSSR count). The molecule has 0 bridgehead atoms. The first-order valence-electron chi connectivity index (χ1n) is 6.99. The Kier molecular flexibility index (Phi) is 4.32. The molecule has 0 aromatic heterocycles. The Hall–Kier alpha value is -0.990. The molecule has 0 aliphatic carbocycles. The van der Waals surface area contributed by atoms with Crippen molar-refractivity contribution in [3.8, 4) is 0 Å². The van der Waals surface area contributed by atoms with Crippen molar-refractivity contribution in [1.82, 2.24) is 0 Å². The molecule has 1 aliphatic rings. The van der Waals surface area contributed by atoms with Gasteiger partial charge in [-0.25, -0.2) is 0 Å². The van der Waals surface area contributed by atoms with Crippen LogP contribution in [0.25, 0.3) is 0 Å². The lowest BCUT2D eigenvalue weighted by Gasteiger charge is -2.26. The van der Waals surface area contributed by atoms with Crippen LogP contribution in [0.1, 0.15) is 24.0 Å². The van der Waals surface area contributed by atoms with E-state index in [9.17, 15) is 0 Å². The second-order valence-electron chi connectivity index (χ2n) is 5.16. The maximum Gasteiger partial charge on any atom is 0.0646 e. The summed E-state index contributed by atoms with van der Waals surface area (Å²) in [6, 6.07) is 15.0. The number of benzene rings is 2. The molecule has 1 aliphatic heterocycles. The average Bonchev–Trinajstić information content (AvgIpc) is 2.69. The summed E-state index contributed by atoms with van der Waals surface area (Å²) in [6.07, 6.45) is 3.60. The lowest BCUT2D eigenvalue weighted by atomic mass is 10.1. The molecule has 0 fully saturated rings. The molecule has 0 spiro atoms. The van der Waals surface area contributed by atoms with Crippen LogP contribution in [0.5, 0.6) is 0 Å². The third kappa shape index (κ3) is 2.72. The van der Waals surface area contributed by atoms with Crippen molar-refractivity contribution in [3.63, 3.8) is 0 Å². The fraction of sp³-hybridized carbons (Fsp3) is 0.294. The Morgan fingerprint density at radius 1 is 1.05 bits per heavy atom. The molecule has 104 valence electrons. The van der Waals surface area contributed by atoms with Gasteiger partial charge in [-0.15, -0.1) is 0 Å². The van der Waals surface area contributed by atoms with Gasteiger partial charge in [0.05, 0.1) is 10.7 Å². The minimum atomic E-state index is 0.832. The van der Waals surface area contributed by atoms with Gasteiger partial charge in [-0.05, 0) is 48.6 Å². The molecule has 0 unspecified atom stereocenters. The van der Waals surface area contributed by atoms with Crippen LogP contribution in [-0.4, -0.2) is 6.54 Å². The van der Waals surface area contributed by atoms with Crippen molar-refractivity contribution in [2.45, 2.75) is 24.6 Å². The summed E-state index contributed by atoms with van der Waals surface area (Å²) < 4.78 is 0. The molecule has 1 heterocycles. The van der Waals surface area contributed by atoms with Gasteiger partial charge >= 0.3 is 0 Å². The van der Waals surface area contributed by atoms with Gasteiger partial charge in [0.25, 0.3) is 0 Å². The van der Waals surface area contributed by atoms with Gasteiger partial charge in [0.2, 0.25) is 0 Å². The van der Waals surface area contributed by atoms with Gasteiger partial charge in [-0.3, -0.25) is 0 Å². The normalized spacial score (nSPS) is 14.8. The highest BCUT2D eigenvalue weighted by molar-refractivity contribution is 9.08. The van der Waals surface area contributed by atoms with E-state index in [1.807, 2.05) is 0 Å². The van der Waals surface area contributed by atoms with Crippen molar-refractivity contribution in [1.29, 1.82) is 0 Å². The fourth-order valence-corrected chi connectivity index (χ4v) is 3.45. The lowest BCUT2D eigenvalue weighted by Crippen LogP contribution is -2.18. The van der Waals surface area contributed by atoms with E-state index < -0.39 is 0 Å². The topological polar surface area (TPSA) is 3.24 Å². The number of hydrogen-bond acceptors (Lipinski definition) is 1. The molecule has 0 N–H and O–H groups in total. The molecule has 3 heteroatoms. The fourth-order valence-electron chi connectivity index (χ4n) is 2.79. The van der Waals surface area contributed by atoms with Crippen molar-refractivity contribution >= 4 is 38.9 Å². The smallest absolute Gasteiger partial charge is 0.0646 e. The monoisotopic (exact) mass is 349 g/mol. The number of anilines is 2. The predicted molar refractivity (Wildman–Crippen MR) is 90.5 cm³/mol. The minimum absolute atomic E-state index is 0.832. The van der Waals surface area contributed by atoms with Gasteiger partial charge in [0.15, 0.2) is 0 Å². The molecule has 1 nitrogen and oxygen atoms in total. The van der Waals surface area contributed by atoms with Crippen molar-refractivity contribution in [2.75, 3.05) is 11.4 Å². The number of nitrogens with zero attached hydrogens (tertiary/aromatic N) is 1. The Bertz CT molecular complexity index is 612.